The lowest BCUT2D eigenvalue weighted by Gasteiger charge is -2.31. The Morgan fingerprint density at radius 1 is 1.14 bits per heavy atom. The number of rotatable bonds is 9. The van der Waals surface area contributed by atoms with Crippen molar-refractivity contribution in [1.29, 1.82) is 0 Å². The summed E-state index contributed by atoms with van der Waals surface area (Å²) in [6.07, 6.45) is -3.65. The van der Waals surface area contributed by atoms with Crippen molar-refractivity contribution in [2.45, 2.75) is 45.4 Å². The van der Waals surface area contributed by atoms with Crippen LogP contribution in [-0.4, -0.2) is 76.1 Å². The van der Waals surface area contributed by atoms with E-state index in [1.54, 1.807) is 12.0 Å². The molecule has 1 aromatic carbocycles. The monoisotopic (exact) mass is 433 g/mol. The first kappa shape index (κ1) is 26.8. The van der Waals surface area contributed by atoms with Crippen molar-refractivity contribution in [1.82, 2.24) is 0 Å². The molecule has 0 fully saturated rings. The van der Waals surface area contributed by atoms with E-state index >= 15 is 0 Å². The number of nitrogens with zero attached hydrogens (tertiary/aromatic N) is 1. The van der Waals surface area contributed by atoms with Gasteiger partial charge in [-0.3, -0.25) is 4.79 Å². The van der Waals surface area contributed by atoms with Gasteiger partial charge in [-0.05, 0) is 31.4 Å². The summed E-state index contributed by atoms with van der Waals surface area (Å²) in [6.45, 7) is 6.56. The number of anilines is 1. The highest BCUT2D eigenvalue weighted by atomic mass is 35.5. The predicted octanol–water partition coefficient (Wildman–Crippen LogP) is 1.04. The second kappa shape index (κ2) is 13.1. The summed E-state index contributed by atoms with van der Waals surface area (Å²) in [6, 6.07) is 6.05. The van der Waals surface area contributed by atoms with Crippen molar-refractivity contribution in [3.8, 4) is 0 Å². The Kier molecular flexibility index (Phi) is 12.1. The van der Waals surface area contributed by atoms with Gasteiger partial charge in [-0.2, -0.15) is 0 Å². The first-order chi connectivity index (χ1) is 13.5. The maximum atomic E-state index is 12.2. The molecule has 0 aliphatic carbocycles. The molecule has 1 amide bonds. The highest BCUT2D eigenvalue weighted by Crippen LogP contribution is 2.28. The van der Waals surface area contributed by atoms with Crippen LogP contribution in [0.2, 0.25) is 0 Å². The van der Waals surface area contributed by atoms with Crippen molar-refractivity contribution in [2.24, 2.45) is 0 Å². The fraction of sp³-hybridized carbons (Fsp3) is 0.526. The summed E-state index contributed by atoms with van der Waals surface area (Å²) < 4.78 is 5.18. The number of para-hydroxylation sites is 1. The molecule has 1 rings (SSSR count). The summed E-state index contributed by atoms with van der Waals surface area (Å²) >= 11 is 5.76. The molecular formula is C19H28ClNO8. The molecule has 0 aromatic heterocycles. The zero-order chi connectivity index (χ0) is 22.7. The van der Waals surface area contributed by atoms with Crippen LogP contribution < -0.4 is 4.90 Å². The van der Waals surface area contributed by atoms with Crippen LogP contribution >= 0.6 is 11.6 Å². The summed E-state index contributed by atoms with van der Waals surface area (Å²) in [5.74, 6) is -3.65. The number of alkyl halides is 1. The van der Waals surface area contributed by atoms with E-state index in [4.69, 9.17) is 36.8 Å². The lowest BCUT2D eigenvalue weighted by atomic mass is 10.0. The van der Waals surface area contributed by atoms with Gasteiger partial charge in [0.05, 0.1) is 18.3 Å². The van der Waals surface area contributed by atoms with Crippen molar-refractivity contribution in [2.75, 3.05) is 24.5 Å². The maximum absolute atomic E-state index is 12.2. The third-order valence-corrected chi connectivity index (χ3v) is 4.21. The maximum Gasteiger partial charge on any atom is 0.335 e. The summed E-state index contributed by atoms with van der Waals surface area (Å²) in [5.41, 5.74) is 3.21. The van der Waals surface area contributed by atoms with E-state index in [1.807, 2.05) is 26.0 Å². The highest BCUT2D eigenvalue weighted by molar-refractivity contribution is 6.29. The number of aryl methyl sites for hydroxylation is 2. The molecule has 0 saturated heterocycles. The van der Waals surface area contributed by atoms with E-state index < -0.39 is 24.1 Å². The van der Waals surface area contributed by atoms with E-state index in [1.165, 1.54) is 0 Å². The smallest absolute Gasteiger partial charge is 0.335 e. The van der Waals surface area contributed by atoms with Gasteiger partial charge in [-0.15, -0.1) is 11.6 Å². The van der Waals surface area contributed by atoms with Crippen molar-refractivity contribution >= 4 is 35.1 Å². The van der Waals surface area contributed by atoms with Crippen molar-refractivity contribution in [3.05, 3.63) is 29.3 Å². The molecule has 0 saturated carbocycles. The first-order valence-corrected chi connectivity index (χ1v) is 9.33. The van der Waals surface area contributed by atoms with Gasteiger partial charge in [-0.1, -0.05) is 25.1 Å². The molecule has 0 radical (unpaired) electrons. The Balaban J connectivity index is 0.000000665. The minimum atomic E-state index is -2.27. The molecule has 9 nitrogen and oxygen atoms in total. The van der Waals surface area contributed by atoms with Gasteiger partial charge in [0.1, 0.15) is 5.88 Å². The Morgan fingerprint density at radius 2 is 1.66 bits per heavy atom. The number of methoxy groups -OCH3 is 1. The Labute approximate surface area is 174 Å². The van der Waals surface area contributed by atoms with E-state index in [2.05, 4.69) is 13.0 Å². The second-order valence-corrected chi connectivity index (χ2v) is 6.47. The van der Waals surface area contributed by atoms with Crippen LogP contribution in [0.25, 0.3) is 0 Å². The molecule has 0 aliphatic rings. The average molecular weight is 434 g/mol. The molecule has 0 bridgehead atoms. The number of carboxylic acid groups (broad SMARTS) is 2. The Hall–Kier alpha value is -2.20. The van der Waals surface area contributed by atoms with Crippen LogP contribution in [0.1, 0.15) is 25.0 Å². The average Bonchev–Trinajstić information content (AvgIpc) is 2.68. The molecule has 0 heterocycles. The Bertz CT molecular complexity index is 679. The molecule has 0 spiro atoms. The predicted molar refractivity (Wildman–Crippen MR) is 107 cm³/mol. The number of benzene rings is 1. The lowest BCUT2D eigenvalue weighted by Crippen LogP contribution is -2.43. The molecule has 164 valence electrons. The number of halogens is 1. The van der Waals surface area contributed by atoms with E-state index in [0.717, 1.165) is 23.2 Å². The number of ether oxygens (including phenoxy) is 1. The van der Waals surface area contributed by atoms with E-state index in [9.17, 15) is 14.4 Å². The second-order valence-electron chi connectivity index (χ2n) is 6.20. The number of carboxylic acids is 2. The quantitative estimate of drug-likeness (QED) is 0.423. The van der Waals surface area contributed by atoms with Crippen molar-refractivity contribution in [3.63, 3.8) is 0 Å². The number of amides is 1. The standard InChI is InChI=1S/C15H22ClNO2.C4H6O6/c1-5-13-8-6-7-11(2)15(13)17(14(18)9-16)12(3)10-19-4;5-1(3(7)8)2(6)4(9)10/h6-8,12H,5,9-10H2,1-4H3;1-2,5-6H,(H,7,8)(H,9,10). The number of aliphatic hydroxyl groups is 2. The van der Waals surface area contributed by atoms with E-state index in [0.29, 0.717) is 6.61 Å². The molecule has 0 aliphatic heterocycles. The van der Waals surface area contributed by atoms with Crippen LogP contribution in [0.5, 0.6) is 0 Å². The Morgan fingerprint density at radius 3 is 2.03 bits per heavy atom. The molecule has 3 atom stereocenters. The van der Waals surface area contributed by atoms with Crippen LogP contribution in [0.15, 0.2) is 18.2 Å². The number of carbonyl (C=O) groups excluding carboxylic acids is 1. The largest absolute Gasteiger partial charge is 0.479 e. The molecule has 4 N–H and O–H groups in total. The van der Waals surface area contributed by atoms with Crippen molar-refractivity contribution < 1.29 is 39.5 Å². The van der Waals surface area contributed by atoms with Gasteiger partial charge in [0.2, 0.25) is 5.91 Å². The van der Waals surface area contributed by atoms with Gasteiger partial charge >= 0.3 is 11.9 Å². The zero-order valence-corrected chi connectivity index (χ0v) is 17.6. The molecule has 10 heteroatoms. The van der Waals surface area contributed by atoms with Crippen LogP contribution in [0, 0.1) is 6.92 Å². The van der Waals surface area contributed by atoms with Gasteiger partial charge in [0.25, 0.3) is 0 Å². The summed E-state index contributed by atoms with van der Waals surface area (Å²) in [4.78, 5) is 33.5. The number of hydrogen-bond donors (Lipinski definition) is 4. The van der Waals surface area contributed by atoms with E-state index in [-0.39, 0.29) is 17.8 Å². The van der Waals surface area contributed by atoms with Crippen LogP contribution in [-0.2, 0) is 25.5 Å². The summed E-state index contributed by atoms with van der Waals surface area (Å²) in [5, 5.41) is 32.5. The third kappa shape index (κ3) is 7.98. The third-order valence-electron chi connectivity index (χ3n) is 3.98. The fourth-order valence-electron chi connectivity index (χ4n) is 2.59. The minimum absolute atomic E-state index is 0.0223. The minimum Gasteiger partial charge on any atom is -0.479 e. The van der Waals surface area contributed by atoms with Gasteiger partial charge < -0.3 is 30.1 Å². The summed E-state index contributed by atoms with van der Waals surface area (Å²) in [7, 11) is 1.64. The topological polar surface area (TPSA) is 145 Å². The fourth-order valence-corrected chi connectivity index (χ4v) is 2.72. The van der Waals surface area contributed by atoms with Gasteiger partial charge in [-0.25, -0.2) is 9.59 Å². The van der Waals surface area contributed by atoms with Crippen LogP contribution in [0.3, 0.4) is 0 Å². The molecule has 29 heavy (non-hydrogen) atoms. The van der Waals surface area contributed by atoms with Gasteiger partial charge in [0.15, 0.2) is 12.2 Å². The molecule has 1 aromatic rings. The number of hydrogen-bond acceptors (Lipinski definition) is 6. The van der Waals surface area contributed by atoms with Gasteiger partial charge in [0, 0.05) is 7.11 Å². The number of carbonyl (C=O) groups is 3. The molecule has 3 unspecified atom stereocenters. The SMILES string of the molecule is CCc1cccc(C)c1N(C(=O)CCl)C(C)COC.O=C(O)C(O)C(O)C(=O)O. The number of aliphatic hydroxyl groups excluding tert-OH is 2. The lowest BCUT2D eigenvalue weighted by molar-refractivity contribution is -0.165. The highest BCUT2D eigenvalue weighted by Gasteiger charge is 2.29. The number of aliphatic carboxylic acids is 2. The first-order valence-electron chi connectivity index (χ1n) is 8.80. The van der Waals surface area contributed by atoms with Crippen LogP contribution in [0.4, 0.5) is 5.69 Å². The normalized spacial score (nSPS) is 13.5. The zero-order valence-electron chi connectivity index (χ0n) is 16.8. The molecular weight excluding hydrogens is 406 g/mol.